The fraction of sp³-hybridized carbons (Fsp3) is 0.429. The Bertz CT molecular complexity index is 954. The summed E-state index contributed by atoms with van der Waals surface area (Å²) in [5.41, 5.74) is 1.74. The Morgan fingerprint density at radius 3 is 2.67 bits per heavy atom. The Kier molecular flexibility index (Phi) is 7.04. The average Bonchev–Trinajstić information content (AvgIpc) is 3.06. The van der Waals surface area contributed by atoms with Crippen molar-refractivity contribution in [2.75, 3.05) is 26.1 Å². The molecule has 8 nitrogen and oxygen atoms in total. The van der Waals surface area contributed by atoms with E-state index in [1.807, 2.05) is 18.2 Å². The lowest BCUT2D eigenvalue weighted by molar-refractivity contribution is -0.128. The molecule has 2 heterocycles. The third-order valence-electron chi connectivity index (χ3n) is 4.62. The van der Waals surface area contributed by atoms with Crippen LogP contribution in [0.4, 0.5) is 5.13 Å². The average molecular weight is 431 g/mol. The van der Waals surface area contributed by atoms with E-state index in [1.54, 1.807) is 25.3 Å². The van der Waals surface area contributed by atoms with Crippen LogP contribution in [0.25, 0.3) is 6.08 Å². The Morgan fingerprint density at radius 1 is 1.23 bits per heavy atom. The van der Waals surface area contributed by atoms with Crippen molar-refractivity contribution in [1.29, 1.82) is 0 Å². The predicted molar refractivity (Wildman–Crippen MR) is 116 cm³/mol. The number of amides is 2. The molecular formula is C21H26N4O4S. The zero-order chi connectivity index (χ0) is 21.7. The third-order valence-corrected chi connectivity index (χ3v) is 5.48. The van der Waals surface area contributed by atoms with Gasteiger partial charge in [-0.15, -0.1) is 10.2 Å². The lowest BCUT2D eigenvalue weighted by Crippen LogP contribution is -2.29. The summed E-state index contributed by atoms with van der Waals surface area (Å²) in [6.07, 6.45) is 4.77. The molecule has 0 unspecified atom stereocenters. The number of hydrogen-bond acceptors (Lipinski definition) is 7. The van der Waals surface area contributed by atoms with Gasteiger partial charge in [0, 0.05) is 25.6 Å². The van der Waals surface area contributed by atoms with Crippen LogP contribution in [0.2, 0.25) is 0 Å². The molecule has 0 aliphatic carbocycles. The number of fused-ring (bicyclic) bond motifs is 1. The van der Waals surface area contributed by atoms with Crippen molar-refractivity contribution in [2.24, 2.45) is 5.92 Å². The molecule has 1 aliphatic heterocycles. The molecule has 0 bridgehead atoms. The molecule has 2 aromatic rings. The molecule has 0 atom stereocenters. The first-order valence-electron chi connectivity index (χ1n) is 9.74. The normalized spacial score (nSPS) is 13.2. The van der Waals surface area contributed by atoms with Crippen LogP contribution in [-0.2, 0) is 22.4 Å². The molecule has 0 radical (unpaired) electrons. The van der Waals surface area contributed by atoms with Crippen molar-refractivity contribution in [1.82, 2.24) is 15.1 Å². The Morgan fingerprint density at radius 2 is 1.97 bits per heavy atom. The van der Waals surface area contributed by atoms with Gasteiger partial charge in [-0.1, -0.05) is 25.2 Å². The van der Waals surface area contributed by atoms with Gasteiger partial charge in [-0.25, -0.2) is 0 Å². The minimum Gasteiger partial charge on any atom is -0.493 e. The molecule has 0 spiro atoms. The second kappa shape index (κ2) is 9.71. The van der Waals surface area contributed by atoms with Crippen LogP contribution in [0.15, 0.2) is 18.3 Å². The highest BCUT2D eigenvalue weighted by atomic mass is 32.1. The smallest absolute Gasteiger partial charge is 0.230 e. The highest BCUT2D eigenvalue weighted by Gasteiger charge is 2.20. The number of anilines is 1. The second-order valence-electron chi connectivity index (χ2n) is 7.38. The van der Waals surface area contributed by atoms with Crippen molar-refractivity contribution < 1.29 is 19.1 Å². The van der Waals surface area contributed by atoms with E-state index in [9.17, 15) is 9.59 Å². The highest BCUT2D eigenvalue weighted by Crippen LogP contribution is 2.32. The summed E-state index contributed by atoms with van der Waals surface area (Å²) in [7, 11) is 3.14. The first-order valence-corrected chi connectivity index (χ1v) is 10.6. The Labute approximate surface area is 179 Å². The second-order valence-corrected chi connectivity index (χ2v) is 8.44. The van der Waals surface area contributed by atoms with Crippen molar-refractivity contribution in [2.45, 2.75) is 33.1 Å². The van der Waals surface area contributed by atoms with Gasteiger partial charge >= 0.3 is 0 Å². The summed E-state index contributed by atoms with van der Waals surface area (Å²) >= 11 is 1.38. The Hall–Kier alpha value is -2.94. The van der Waals surface area contributed by atoms with Crippen LogP contribution in [0.1, 0.15) is 36.4 Å². The van der Waals surface area contributed by atoms with Crippen molar-refractivity contribution >= 4 is 34.4 Å². The largest absolute Gasteiger partial charge is 0.493 e. The van der Waals surface area contributed by atoms with Gasteiger partial charge < -0.3 is 19.7 Å². The molecule has 1 N–H and O–H groups in total. The summed E-state index contributed by atoms with van der Waals surface area (Å²) in [6, 6.07) is 3.66. The van der Waals surface area contributed by atoms with Gasteiger partial charge in [0.2, 0.25) is 16.9 Å². The van der Waals surface area contributed by atoms with Crippen LogP contribution >= 0.6 is 11.3 Å². The van der Waals surface area contributed by atoms with Gasteiger partial charge in [0.1, 0.15) is 5.01 Å². The molecule has 3 rings (SSSR count). The Balaban J connectivity index is 1.60. The SMILES string of the molecule is COc1cc2c(cc1OC)CC(=O)N(CCC(=O)Nc1nnc(CC(C)C)s1)C=C2. The summed E-state index contributed by atoms with van der Waals surface area (Å²) < 4.78 is 10.7. The molecule has 9 heteroatoms. The number of benzene rings is 1. The molecule has 1 aliphatic rings. The number of aromatic nitrogens is 2. The number of ether oxygens (including phenoxy) is 2. The van der Waals surface area contributed by atoms with E-state index >= 15 is 0 Å². The number of nitrogens with zero attached hydrogens (tertiary/aromatic N) is 3. The standard InChI is InChI=1S/C21H26N4O4S/c1-13(2)9-19-23-24-21(30-19)22-18(26)6-8-25-7-5-14-10-16(28-3)17(29-4)11-15(14)12-20(25)27/h5,7,10-11,13H,6,8-9,12H2,1-4H3,(H,22,24,26). The molecular weight excluding hydrogens is 404 g/mol. The lowest BCUT2D eigenvalue weighted by atomic mass is 10.0. The molecule has 1 aromatic carbocycles. The van der Waals surface area contributed by atoms with Gasteiger partial charge in [-0.3, -0.25) is 9.59 Å². The topological polar surface area (TPSA) is 93.7 Å². The summed E-state index contributed by atoms with van der Waals surface area (Å²) in [6.45, 7) is 4.49. The van der Waals surface area contributed by atoms with E-state index in [2.05, 4.69) is 29.4 Å². The van der Waals surface area contributed by atoms with E-state index in [0.29, 0.717) is 22.5 Å². The van der Waals surface area contributed by atoms with Crippen LogP contribution in [0, 0.1) is 5.92 Å². The van der Waals surface area contributed by atoms with E-state index in [-0.39, 0.29) is 31.2 Å². The maximum Gasteiger partial charge on any atom is 0.230 e. The molecule has 30 heavy (non-hydrogen) atoms. The van der Waals surface area contributed by atoms with E-state index < -0.39 is 0 Å². The minimum atomic E-state index is -0.200. The molecule has 0 fully saturated rings. The zero-order valence-electron chi connectivity index (χ0n) is 17.6. The number of rotatable bonds is 8. The molecule has 0 saturated carbocycles. The van der Waals surface area contributed by atoms with Crippen molar-refractivity contribution in [3.05, 3.63) is 34.5 Å². The third kappa shape index (κ3) is 5.35. The quantitative estimate of drug-likeness (QED) is 0.692. The van der Waals surface area contributed by atoms with E-state index in [4.69, 9.17) is 9.47 Å². The fourth-order valence-corrected chi connectivity index (χ4v) is 4.07. The maximum atomic E-state index is 12.7. The summed E-state index contributed by atoms with van der Waals surface area (Å²) in [4.78, 5) is 26.5. The van der Waals surface area contributed by atoms with Gasteiger partial charge in [-0.05, 0) is 35.3 Å². The van der Waals surface area contributed by atoms with Crippen LogP contribution in [0.3, 0.4) is 0 Å². The van der Waals surface area contributed by atoms with Crippen LogP contribution in [-0.4, -0.2) is 47.7 Å². The zero-order valence-corrected chi connectivity index (χ0v) is 18.4. The van der Waals surface area contributed by atoms with Crippen molar-refractivity contribution in [3.8, 4) is 11.5 Å². The summed E-state index contributed by atoms with van der Waals surface area (Å²) in [5, 5.41) is 12.3. The number of methoxy groups -OCH3 is 2. The molecule has 1 aromatic heterocycles. The lowest BCUT2D eigenvalue weighted by Gasteiger charge is -2.16. The molecule has 0 saturated heterocycles. The van der Waals surface area contributed by atoms with Crippen LogP contribution in [0.5, 0.6) is 11.5 Å². The minimum absolute atomic E-state index is 0.0832. The first kappa shape index (κ1) is 21.8. The van der Waals surface area contributed by atoms with Gasteiger partial charge in [0.15, 0.2) is 11.5 Å². The van der Waals surface area contributed by atoms with E-state index in [0.717, 1.165) is 22.6 Å². The molecule has 160 valence electrons. The van der Waals surface area contributed by atoms with Gasteiger partial charge in [-0.2, -0.15) is 0 Å². The van der Waals surface area contributed by atoms with E-state index in [1.165, 1.54) is 11.3 Å². The van der Waals surface area contributed by atoms with Crippen LogP contribution < -0.4 is 14.8 Å². The maximum absolute atomic E-state index is 12.7. The van der Waals surface area contributed by atoms with Gasteiger partial charge in [0.25, 0.3) is 0 Å². The number of carbonyl (C=O) groups excluding carboxylic acids is 2. The number of carbonyl (C=O) groups is 2. The number of hydrogen-bond donors (Lipinski definition) is 1. The first-order chi connectivity index (χ1) is 14.4. The monoisotopic (exact) mass is 430 g/mol. The fourth-order valence-electron chi connectivity index (χ4n) is 3.10. The van der Waals surface area contributed by atoms with Gasteiger partial charge in [0.05, 0.1) is 20.6 Å². The summed E-state index contributed by atoms with van der Waals surface area (Å²) in [5.74, 6) is 1.38. The molecule has 2 amide bonds. The predicted octanol–water partition coefficient (Wildman–Crippen LogP) is 3.14. The van der Waals surface area contributed by atoms with Crippen molar-refractivity contribution in [3.63, 3.8) is 0 Å². The number of nitrogens with one attached hydrogen (secondary N) is 1. The highest BCUT2D eigenvalue weighted by molar-refractivity contribution is 7.15.